The first-order chi connectivity index (χ1) is 13.5. The van der Waals surface area contributed by atoms with Crippen LogP contribution in [0.15, 0.2) is 0 Å². The Hall–Kier alpha value is -3.00. The predicted molar refractivity (Wildman–Crippen MR) is 68.8 cm³/mol. The third kappa shape index (κ3) is 4.76. The normalized spacial score (nSPS) is 11.1. The van der Waals surface area contributed by atoms with Crippen LogP contribution in [-0.2, 0) is 11.0 Å². The van der Waals surface area contributed by atoms with E-state index in [-0.39, 0.29) is 0 Å². The van der Waals surface area contributed by atoms with Gasteiger partial charge in [0.05, 0.1) is 0 Å². The van der Waals surface area contributed by atoms with Crippen LogP contribution >= 0.6 is 0 Å². The highest BCUT2D eigenvalue weighted by molar-refractivity contribution is 5.69. The fourth-order valence-corrected chi connectivity index (χ4v) is 1.67. The van der Waals surface area contributed by atoms with Crippen LogP contribution in [0.25, 0.3) is 0 Å². The minimum atomic E-state index is -5.65. The number of ether oxygens (including phenoxy) is 1. The predicted octanol–water partition coefficient (Wildman–Crippen LogP) is 5.71. The summed E-state index contributed by atoms with van der Waals surface area (Å²) in [7, 11) is 0. The molecule has 0 saturated heterocycles. The van der Waals surface area contributed by atoms with E-state index >= 15 is 0 Å². The van der Waals surface area contributed by atoms with Crippen molar-refractivity contribution in [3.8, 4) is 5.75 Å². The summed E-state index contributed by atoms with van der Waals surface area (Å²) >= 11 is 0. The van der Waals surface area contributed by atoms with Gasteiger partial charge in [0.1, 0.15) is 5.56 Å². The van der Waals surface area contributed by atoms with Gasteiger partial charge in [-0.15, -0.1) is 0 Å². The second-order valence-corrected chi connectivity index (χ2v) is 4.94. The van der Waals surface area contributed by atoms with Crippen LogP contribution in [0.1, 0.15) is 12.5 Å². The molecule has 2 rings (SSSR count). The van der Waals surface area contributed by atoms with Crippen molar-refractivity contribution >= 4 is 5.97 Å². The lowest BCUT2D eigenvalue weighted by molar-refractivity contribution is -0.143. The summed E-state index contributed by atoms with van der Waals surface area (Å²) in [6.07, 6.45) is -5.65. The third-order valence-corrected chi connectivity index (χ3v) is 2.91. The monoisotopic (exact) mass is 462 g/mol. The molecule has 0 spiro atoms. The lowest BCUT2D eigenvalue weighted by Gasteiger charge is -2.10. The number of benzene rings is 2. The van der Waals surface area contributed by atoms with Crippen molar-refractivity contribution in [1.82, 2.24) is 0 Å². The Kier molecular flexibility index (Phi) is 7.33. The molecule has 0 unspecified atom stereocenters. The Labute approximate surface area is 156 Å². The number of hydrogen-bond acceptors (Lipinski definition) is 2. The Morgan fingerprint density at radius 3 is 1.10 bits per heavy atom. The van der Waals surface area contributed by atoms with E-state index in [1.165, 1.54) is 0 Å². The molecule has 0 amide bonds. The van der Waals surface area contributed by atoms with Gasteiger partial charge < -0.3 is 4.74 Å². The maximum atomic E-state index is 12.8. The Balaban J connectivity index is 0.000000300. The van der Waals surface area contributed by atoms with Gasteiger partial charge in [-0.25, -0.2) is 35.1 Å². The highest BCUT2D eigenvalue weighted by Crippen LogP contribution is 2.36. The molecule has 0 N–H and O–H groups in total. The van der Waals surface area contributed by atoms with Gasteiger partial charge in [-0.1, -0.05) is 0 Å². The molecular weight excluding hydrogens is 459 g/mol. The van der Waals surface area contributed by atoms with E-state index in [1.54, 1.807) is 0 Å². The van der Waals surface area contributed by atoms with Crippen molar-refractivity contribution in [3.63, 3.8) is 0 Å². The zero-order valence-corrected chi connectivity index (χ0v) is 13.7. The average molecular weight is 462 g/mol. The van der Waals surface area contributed by atoms with Crippen molar-refractivity contribution in [2.45, 2.75) is 13.1 Å². The fraction of sp³-hybridized carbons (Fsp3) is 0.133. The van der Waals surface area contributed by atoms with Crippen molar-refractivity contribution < 1.29 is 66.6 Å². The van der Waals surface area contributed by atoms with E-state index in [9.17, 15) is 61.9 Å². The first kappa shape index (κ1) is 25.0. The van der Waals surface area contributed by atoms with E-state index in [4.69, 9.17) is 0 Å². The molecule has 166 valence electrons. The molecule has 0 aromatic heterocycles. The number of rotatable bonds is 1. The van der Waals surface area contributed by atoms with Gasteiger partial charge in [-0.05, 0) is 0 Å². The second kappa shape index (κ2) is 8.79. The van der Waals surface area contributed by atoms with E-state index in [1.807, 2.05) is 0 Å². The molecule has 0 atom stereocenters. The number of hydrogen-bond donors (Lipinski definition) is 0. The fourth-order valence-electron chi connectivity index (χ4n) is 1.67. The zero-order chi connectivity index (χ0) is 23.7. The lowest BCUT2D eigenvalue weighted by atomic mass is 10.1. The highest BCUT2D eigenvalue weighted by atomic mass is 19.4. The molecule has 0 bridgehead atoms. The minimum Gasteiger partial charge on any atom is -0.420 e. The van der Waals surface area contributed by atoms with Crippen molar-refractivity contribution in [2.24, 2.45) is 0 Å². The molecule has 0 radical (unpaired) electrons. The van der Waals surface area contributed by atoms with E-state index in [2.05, 4.69) is 4.74 Å². The molecular formula is C15H3F13O2. The molecule has 30 heavy (non-hydrogen) atoms. The molecule has 0 aliphatic rings. The van der Waals surface area contributed by atoms with Gasteiger partial charge in [0.25, 0.3) is 0 Å². The van der Waals surface area contributed by atoms with Crippen LogP contribution < -0.4 is 4.74 Å². The summed E-state index contributed by atoms with van der Waals surface area (Å²) in [5, 5.41) is 0. The molecule has 2 nitrogen and oxygen atoms in total. The van der Waals surface area contributed by atoms with E-state index in [0.717, 1.165) is 6.92 Å². The number of esters is 1. The quantitative estimate of drug-likeness (QED) is 0.179. The average Bonchev–Trinajstić information content (AvgIpc) is 2.64. The van der Waals surface area contributed by atoms with Crippen LogP contribution in [0.2, 0.25) is 0 Å². The summed E-state index contributed by atoms with van der Waals surface area (Å²) in [5.74, 6) is -27.4. The molecule has 2 aromatic rings. The largest absolute Gasteiger partial charge is 0.422 e. The van der Waals surface area contributed by atoms with Crippen LogP contribution in [0, 0.1) is 58.2 Å². The van der Waals surface area contributed by atoms with Gasteiger partial charge in [0.2, 0.25) is 40.7 Å². The molecule has 2 aromatic carbocycles. The number of alkyl halides is 3. The Morgan fingerprint density at radius 1 is 0.567 bits per heavy atom. The summed E-state index contributed by atoms with van der Waals surface area (Å²) in [6.45, 7) is 0.762. The molecule has 0 saturated carbocycles. The molecule has 15 heteroatoms. The molecule has 0 fully saturated rings. The van der Waals surface area contributed by atoms with Gasteiger partial charge in [0.15, 0.2) is 23.3 Å². The molecule has 0 aliphatic heterocycles. The standard InChI is InChI=1S/C8H3F5O2.C7F8/c1-2(14)15-8-6(12)4(10)3(9)5(11)7(8)13;8-2-1(7(13,14)15)3(9)5(11)6(12)4(2)10/h1H3;. The van der Waals surface area contributed by atoms with Crippen LogP contribution in [0.3, 0.4) is 0 Å². The van der Waals surface area contributed by atoms with E-state index < -0.39 is 81.6 Å². The maximum Gasteiger partial charge on any atom is 0.422 e. The summed E-state index contributed by atoms with van der Waals surface area (Å²) in [4.78, 5) is 10.3. The van der Waals surface area contributed by atoms with Crippen molar-refractivity contribution in [1.29, 1.82) is 0 Å². The third-order valence-electron chi connectivity index (χ3n) is 2.91. The number of carbonyl (C=O) groups excluding carboxylic acids is 1. The van der Waals surface area contributed by atoms with Crippen molar-refractivity contribution in [2.75, 3.05) is 0 Å². The SMILES string of the molecule is CC(=O)Oc1c(F)c(F)c(F)c(F)c1F.Fc1c(F)c(F)c(C(F)(F)F)c(F)c1F. The lowest BCUT2D eigenvalue weighted by Crippen LogP contribution is -2.16. The highest BCUT2D eigenvalue weighted by Gasteiger charge is 2.42. The van der Waals surface area contributed by atoms with Crippen molar-refractivity contribution in [3.05, 3.63) is 63.7 Å². The van der Waals surface area contributed by atoms with Gasteiger partial charge in [-0.3, -0.25) is 4.79 Å². The second-order valence-electron chi connectivity index (χ2n) is 4.94. The summed E-state index contributed by atoms with van der Waals surface area (Å²) < 4.78 is 164. The number of carbonyl (C=O) groups is 1. The van der Waals surface area contributed by atoms with Crippen LogP contribution in [0.5, 0.6) is 5.75 Å². The molecule has 0 aliphatic carbocycles. The summed E-state index contributed by atoms with van der Waals surface area (Å²) in [5.41, 5.74) is -2.79. The van der Waals surface area contributed by atoms with Crippen LogP contribution in [-0.4, -0.2) is 5.97 Å². The smallest absolute Gasteiger partial charge is 0.420 e. The molecule has 0 heterocycles. The summed E-state index contributed by atoms with van der Waals surface area (Å²) in [6, 6.07) is 0. The zero-order valence-electron chi connectivity index (χ0n) is 13.7. The first-order valence-electron chi connectivity index (χ1n) is 6.82. The Bertz CT molecular complexity index is 939. The van der Waals surface area contributed by atoms with Gasteiger partial charge in [0, 0.05) is 6.92 Å². The first-order valence-corrected chi connectivity index (χ1v) is 6.82. The number of halogens is 13. The maximum absolute atomic E-state index is 12.8. The minimum absolute atomic E-state index is 0.762. The Morgan fingerprint density at radius 2 is 0.833 bits per heavy atom. The van der Waals surface area contributed by atoms with E-state index in [0.29, 0.717) is 0 Å². The van der Waals surface area contributed by atoms with Gasteiger partial charge in [-0.2, -0.15) is 22.0 Å². The van der Waals surface area contributed by atoms with Gasteiger partial charge >= 0.3 is 12.1 Å². The van der Waals surface area contributed by atoms with Crippen LogP contribution in [0.4, 0.5) is 57.1 Å². The topological polar surface area (TPSA) is 26.3 Å².